The summed E-state index contributed by atoms with van der Waals surface area (Å²) in [5.41, 5.74) is 2.08. The van der Waals surface area contributed by atoms with Crippen LogP contribution in [-0.4, -0.2) is 34.4 Å². The van der Waals surface area contributed by atoms with Crippen LogP contribution in [0.25, 0.3) is 5.52 Å². The van der Waals surface area contributed by atoms with Gasteiger partial charge in [-0.25, -0.2) is 9.50 Å². The Kier molecular flexibility index (Phi) is 3.81. The monoisotopic (exact) mass is 248 g/mol. The minimum atomic E-state index is 0.214. The summed E-state index contributed by atoms with van der Waals surface area (Å²) in [5, 5.41) is 7.87. The Bertz CT molecular complexity index is 521. The van der Waals surface area contributed by atoms with Crippen molar-refractivity contribution in [3.63, 3.8) is 0 Å². The summed E-state index contributed by atoms with van der Waals surface area (Å²) >= 11 is 0. The number of methoxy groups -OCH3 is 1. The topological polar surface area (TPSA) is 51.5 Å². The zero-order valence-corrected chi connectivity index (χ0v) is 11.3. The molecule has 0 radical (unpaired) electrons. The van der Waals surface area contributed by atoms with Crippen molar-refractivity contribution in [1.29, 1.82) is 0 Å². The zero-order valence-electron chi connectivity index (χ0n) is 11.3. The number of aromatic nitrogens is 3. The van der Waals surface area contributed by atoms with Crippen molar-refractivity contribution < 1.29 is 4.74 Å². The second kappa shape index (κ2) is 5.35. The van der Waals surface area contributed by atoms with Crippen molar-refractivity contribution in [2.75, 3.05) is 19.0 Å². The molecule has 18 heavy (non-hydrogen) atoms. The average molecular weight is 248 g/mol. The fourth-order valence-electron chi connectivity index (χ4n) is 1.86. The maximum absolute atomic E-state index is 5.12. The van der Waals surface area contributed by atoms with Gasteiger partial charge in [0.15, 0.2) is 5.82 Å². The molecule has 0 bridgehead atoms. The van der Waals surface area contributed by atoms with Gasteiger partial charge in [0.05, 0.1) is 12.3 Å². The van der Waals surface area contributed by atoms with E-state index in [0.717, 1.165) is 17.0 Å². The van der Waals surface area contributed by atoms with Gasteiger partial charge in [-0.1, -0.05) is 13.8 Å². The Morgan fingerprint density at radius 2 is 2.17 bits per heavy atom. The number of anilines is 1. The SMILES string of the molecule is COCC(C)Nc1nccn2nc(C(C)C)cc12. The summed E-state index contributed by atoms with van der Waals surface area (Å²) in [5.74, 6) is 1.26. The summed E-state index contributed by atoms with van der Waals surface area (Å²) in [6.07, 6.45) is 3.62. The minimum absolute atomic E-state index is 0.214. The van der Waals surface area contributed by atoms with E-state index in [-0.39, 0.29) is 6.04 Å². The summed E-state index contributed by atoms with van der Waals surface area (Å²) in [6.45, 7) is 6.98. The molecule has 0 aliphatic rings. The van der Waals surface area contributed by atoms with Crippen molar-refractivity contribution in [2.45, 2.75) is 32.7 Å². The van der Waals surface area contributed by atoms with E-state index < -0.39 is 0 Å². The van der Waals surface area contributed by atoms with Gasteiger partial charge in [0, 0.05) is 25.5 Å². The lowest BCUT2D eigenvalue weighted by Crippen LogP contribution is -2.21. The molecule has 98 valence electrons. The van der Waals surface area contributed by atoms with Gasteiger partial charge >= 0.3 is 0 Å². The molecule has 1 N–H and O–H groups in total. The van der Waals surface area contributed by atoms with Gasteiger partial charge in [0.25, 0.3) is 0 Å². The Morgan fingerprint density at radius 3 is 2.83 bits per heavy atom. The molecule has 0 amide bonds. The van der Waals surface area contributed by atoms with Crippen LogP contribution in [0.5, 0.6) is 0 Å². The first kappa shape index (κ1) is 12.8. The number of nitrogens with one attached hydrogen (secondary N) is 1. The highest BCUT2D eigenvalue weighted by molar-refractivity contribution is 5.68. The van der Waals surface area contributed by atoms with Crippen LogP contribution < -0.4 is 5.32 Å². The zero-order chi connectivity index (χ0) is 13.1. The van der Waals surface area contributed by atoms with Gasteiger partial charge in [-0.05, 0) is 18.9 Å². The van der Waals surface area contributed by atoms with Gasteiger partial charge in [-0.2, -0.15) is 5.10 Å². The van der Waals surface area contributed by atoms with Gasteiger partial charge in [0.1, 0.15) is 5.52 Å². The largest absolute Gasteiger partial charge is 0.383 e. The Labute approximate surface area is 107 Å². The van der Waals surface area contributed by atoms with Crippen LogP contribution >= 0.6 is 0 Å². The van der Waals surface area contributed by atoms with E-state index in [1.165, 1.54) is 0 Å². The molecule has 0 aliphatic heterocycles. The lowest BCUT2D eigenvalue weighted by atomic mass is 10.1. The Hall–Kier alpha value is -1.62. The first-order chi connectivity index (χ1) is 8.61. The van der Waals surface area contributed by atoms with E-state index in [4.69, 9.17) is 4.74 Å². The highest BCUT2D eigenvalue weighted by Crippen LogP contribution is 2.20. The molecule has 0 aromatic carbocycles. The third kappa shape index (κ3) is 2.61. The smallest absolute Gasteiger partial charge is 0.152 e. The average Bonchev–Trinajstić information content (AvgIpc) is 2.74. The van der Waals surface area contributed by atoms with Crippen LogP contribution in [0.3, 0.4) is 0 Å². The molecule has 0 spiro atoms. The van der Waals surface area contributed by atoms with E-state index in [2.05, 4.69) is 42.2 Å². The predicted molar refractivity (Wildman–Crippen MR) is 72.0 cm³/mol. The van der Waals surface area contributed by atoms with Gasteiger partial charge in [-0.3, -0.25) is 0 Å². The van der Waals surface area contributed by atoms with Crippen LogP contribution in [0.15, 0.2) is 18.5 Å². The highest BCUT2D eigenvalue weighted by Gasteiger charge is 2.11. The quantitative estimate of drug-likeness (QED) is 0.882. The molecular weight excluding hydrogens is 228 g/mol. The molecule has 2 aromatic rings. The van der Waals surface area contributed by atoms with E-state index >= 15 is 0 Å². The van der Waals surface area contributed by atoms with Crippen molar-refractivity contribution in [1.82, 2.24) is 14.6 Å². The van der Waals surface area contributed by atoms with Crippen molar-refractivity contribution in [2.24, 2.45) is 0 Å². The normalized spacial score (nSPS) is 13.2. The Balaban J connectivity index is 2.32. The van der Waals surface area contributed by atoms with Crippen molar-refractivity contribution >= 4 is 11.3 Å². The maximum Gasteiger partial charge on any atom is 0.152 e. The van der Waals surface area contributed by atoms with Crippen molar-refractivity contribution in [3.05, 3.63) is 24.2 Å². The third-order valence-electron chi connectivity index (χ3n) is 2.80. The van der Waals surface area contributed by atoms with E-state index in [1.54, 1.807) is 13.3 Å². The molecule has 5 heteroatoms. The molecule has 0 fully saturated rings. The predicted octanol–water partition coefficient (Wildman–Crippen LogP) is 2.30. The lowest BCUT2D eigenvalue weighted by Gasteiger charge is -2.13. The lowest BCUT2D eigenvalue weighted by molar-refractivity contribution is 0.190. The summed E-state index contributed by atoms with van der Waals surface area (Å²) < 4.78 is 6.98. The molecule has 2 aromatic heterocycles. The van der Waals surface area contributed by atoms with Crippen LogP contribution in [0.2, 0.25) is 0 Å². The van der Waals surface area contributed by atoms with Crippen LogP contribution in [0, 0.1) is 0 Å². The van der Waals surface area contributed by atoms with Gasteiger partial charge < -0.3 is 10.1 Å². The molecule has 5 nitrogen and oxygen atoms in total. The molecule has 2 heterocycles. The van der Waals surface area contributed by atoms with E-state index in [1.807, 2.05) is 10.7 Å². The second-order valence-corrected chi connectivity index (χ2v) is 4.83. The molecular formula is C13H20N4O. The number of rotatable bonds is 5. The van der Waals surface area contributed by atoms with Crippen LogP contribution in [-0.2, 0) is 4.74 Å². The summed E-state index contributed by atoms with van der Waals surface area (Å²) in [4.78, 5) is 4.37. The van der Waals surface area contributed by atoms with Crippen molar-refractivity contribution in [3.8, 4) is 0 Å². The number of nitrogens with zero attached hydrogens (tertiary/aromatic N) is 3. The van der Waals surface area contributed by atoms with Gasteiger partial charge in [0.2, 0.25) is 0 Å². The van der Waals surface area contributed by atoms with Crippen LogP contribution in [0.4, 0.5) is 5.82 Å². The molecule has 0 aliphatic carbocycles. The fraction of sp³-hybridized carbons (Fsp3) is 0.538. The van der Waals surface area contributed by atoms with E-state index in [9.17, 15) is 0 Å². The number of fused-ring (bicyclic) bond motifs is 1. The summed E-state index contributed by atoms with van der Waals surface area (Å²) in [7, 11) is 1.70. The maximum atomic E-state index is 5.12. The molecule has 1 unspecified atom stereocenters. The third-order valence-corrected chi connectivity index (χ3v) is 2.80. The minimum Gasteiger partial charge on any atom is -0.383 e. The standard InChI is InChI=1S/C13H20N4O/c1-9(2)11-7-12-13(15-10(3)8-18-4)14-5-6-17(12)16-11/h5-7,9-10H,8H2,1-4H3,(H,14,15). The first-order valence-corrected chi connectivity index (χ1v) is 6.21. The van der Waals surface area contributed by atoms with E-state index in [0.29, 0.717) is 12.5 Å². The number of hydrogen-bond acceptors (Lipinski definition) is 4. The number of ether oxygens (including phenoxy) is 1. The van der Waals surface area contributed by atoms with Crippen LogP contribution in [0.1, 0.15) is 32.4 Å². The number of hydrogen-bond donors (Lipinski definition) is 1. The van der Waals surface area contributed by atoms with Gasteiger partial charge in [-0.15, -0.1) is 0 Å². The fourth-order valence-corrected chi connectivity index (χ4v) is 1.86. The highest BCUT2D eigenvalue weighted by atomic mass is 16.5. The second-order valence-electron chi connectivity index (χ2n) is 4.83. The molecule has 0 saturated heterocycles. The molecule has 2 rings (SSSR count). The molecule has 1 atom stereocenters. The molecule has 0 saturated carbocycles. The Morgan fingerprint density at radius 1 is 1.39 bits per heavy atom. The summed E-state index contributed by atoms with van der Waals surface area (Å²) in [6, 6.07) is 2.30. The first-order valence-electron chi connectivity index (χ1n) is 6.21.